The first kappa shape index (κ1) is 9.22. The minimum absolute atomic E-state index is 0.731. The lowest BCUT2D eigenvalue weighted by atomic mass is 9.93. The number of rotatable bonds is 0. The molecule has 0 bridgehead atoms. The van der Waals surface area contributed by atoms with Crippen LogP contribution in [0, 0.1) is 6.92 Å². The molecule has 0 radical (unpaired) electrons. The lowest BCUT2D eigenvalue weighted by molar-refractivity contribution is 0.440. The molecule has 2 nitrogen and oxygen atoms in total. The van der Waals surface area contributed by atoms with E-state index in [0.717, 1.165) is 19.1 Å². The molecule has 15 heavy (non-hydrogen) atoms. The molecule has 0 aromatic heterocycles. The summed E-state index contributed by atoms with van der Waals surface area (Å²) in [6.07, 6.45) is 2.56. The first-order valence-corrected chi connectivity index (χ1v) is 5.91. The zero-order valence-electron chi connectivity index (χ0n) is 9.29. The van der Waals surface area contributed by atoms with Gasteiger partial charge >= 0.3 is 0 Å². The van der Waals surface area contributed by atoms with Gasteiger partial charge in [0.25, 0.3) is 0 Å². The maximum Gasteiger partial charge on any atom is 0.0418 e. The molecule has 1 N–H and O–H groups in total. The van der Waals surface area contributed by atoms with Gasteiger partial charge in [0, 0.05) is 31.4 Å². The van der Waals surface area contributed by atoms with E-state index < -0.39 is 0 Å². The largest absolute Gasteiger partial charge is 0.366 e. The Hall–Kier alpha value is -1.02. The third-order valence-electron chi connectivity index (χ3n) is 3.64. The average molecular weight is 202 g/mol. The van der Waals surface area contributed by atoms with Crippen molar-refractivity contribution in [3.63, 3.8) is 0 Å². The summed E-state index contributed by atoms with van der Waals surface area (Å²) < 4.78 is 0. The Bertz CT molecular complexity index is 373. The molecule has 1 saturated heterocycles. The van der Waals surface area contributed by atoms with Crippen molar-refractivity contribution >= 4 is 5.69 Å². The quantitative estimate of drug-likeness (QED) is 0.689. The predicted molar refractivity (Wildman–Crippen MR) is 63.5 cm³/mol. The molecule has 2 aliphatic rings. The normalized spacial score (nSPS) is 24.6. The van der Waals surface area contributed by atoms with Crippen LogP contribution < -0.4 is 10.2 Å². The molecule has 2 heteroatoms. The van der Waals surface area contributed by atoms with Gasteiger partial charge in [0.15, 0.2) is 0 Å². The van der Waals surface area contributed by atoms with Crippen LogP contribution >= 0.6 is 0 Å². The van der Waals surface area contributed by atoms with Crippen LogP contribution in [0.2, 0.25) is 0 Å². The Labute approximate surface area is 91.3 Å². The van der Waals surface area contributed by atoms with Crippen LogP contribution in [0.3, 0.4) is 0 Å². The molecular weight excluding hydrogens is 184 g/mol. The van der Waals surface area contributed by atoms with E-state index in [9.17, 15) is 0 Å². The number of fused-ring (bicyclic) bond motifs is 3. The number of aryl methyl sites for hydroxylation is 2. The Morgan fingerprint density at radius 3 is 3.27 bits per heavy atom. The molecule has 1 fully saturated rings. The summed E-state index contributed by atoms with van der Waals surface area (Å²) in [5, 5.41) is 3.48. The fourth-order valence-corrected chi connectivity index (χ4v) is 2.85. The van der Waals surface area contributed by atoms with E-state index in [1.54, 1.807) is 5.56 Å². The number of benzene rings is 1. The SMILES string of the molecule is Cc1ccc2c(c1)CCC1CNCCN21. The van der Waals surface area contributed by atoms with Gasteiger partial charge in [-0.2, -0.15) is 0 Å². The van der Waals surface area contributed by atoms with Gasteiger partial charge in [0.2, 0.25) is 0 Å². The Kier molecular flexibility index (Phi) is 2.17. The monoisotopic (exact) mass is 202 g/mol. The van der Waals surface area contributed by atoms with Crippen molar-refractivity contribution < 1.29 is 0 Å². The molecule has 3 rings (SSSR count). The molecular formula is C13H18N2. The van der Waals surface area contributed by atoms with E-state index in [0.29, 0.717) is 0 Å². The highest BCUT2D eigenvalue weighted by atomic mass is 15.2. The van der Waals surface area contributed by atoms with Crippen LogP contribution in [0.25, 0.3) is 0 Å². The van der Waals surface area contributed by atoms with Gasteiger partial charge in [-0.3, -0.25) is 0 Å². The van der Waals surface area contributed by atoms with Gasteiger partial charge in [-0.1, -0.05) is 17.7 Å². The van der Waals surface area contributed by atoms with E-state index in [2.05, 4.69) is 35.3 Å². The Morgan fingerprint density at radius 1 is 1.40 bits per heavy atom. The van der Waals surface area contributed by atoms with Gasteiger partial charge in [0.1, 0.15) is 0 Å². The number of nitrogens with one attached hydrogen (secondary N) is 1. The van der Waals surface area contributed by atoms with Crippen molar-refractivity contribution in [2.45, 2.75) is 25.8 Å². The fourth-order valence-electron chi connectivity index (χ4n) is 2.85. The second kappa shape index (κ2) is 3.53. The highest BCUT2D eigenvalue weighted by molar-refractivity contribution is 5.58. The van der Waals surface area contributed by atoms with Gasteiger partial charge in [-0.25, -0.2) is 0 Å². The summed E-state index contributed by atoms with van der Waals surface area (Å²) in [5.41, 5.74) is 4.42. The van der Waals surface area contributed by atoms with Crippen molar-refractivity contribution in [1.29, 1.82) is 0 Å². The van der Waals surface area contributed by atoms with Crippen LogP contribution in [0.15, 0.2) is 18.2 Å². The van der Waals surface area contributed by atoms with Crippen LogP contribution in [0.5, 0.6) is 0 Å². The van der Waals surface area contributed by atoms with Crippen molar-refractivity contribution in [3.05, 3.63) is 29.3 Å². The third kappa shape index (κ3) is 1.53. The van der Waals surface area contributed by atoms with E-state index in [4.69, 9.17) is 0 Å². The summed E-state index contributed by atoms with van der Waals surface area (Å²) in [5.74, 6) is 0. The second-order valence-corrected chi connectivity index (χ2v) is 4.72. The van der Waals surface area contributed by atoms with Crippen LogP contribution in [0.4, 0.5) is 5.69 Å². The molecule has 0 saturated carbocycles. The number of hydrogen-bond donors (Lipinski definition) is 1. The maximum atomic E-state index is 3.48. The highest BCUT2D eigenvalue weighted by Gasteiger charge is 2.27. The van der Waals surface area contributed by atoms with E-state index in [1.807, 2.05) is 0 Å². The van der Waals surface area contributed by atoms with Crippen molar-refractivity contribution in [2.24, 2.45) is 0 Å². The lowest BCUT2D eigenvalue weighted by Crippen LogP contribution is -2.53. The zero-order valence-corrected chi connectivity index (χ0v) is 9.29. The van der Waals surface area contributed by atoms with Gasteiger partial charge < -0.3 is 10.2 Å². The van der Waals surface area contributed by atoms with Crippen molar-refractivity contribution in [2.75, 3.05) is 24.5 Å². The number of hydrogen-bond acceptors (Lipinski definition) is 2. The van der Waals surface area contributed by atoms with Gasteiger partial charge in [-0.05, 0) is 31.4 Å². The van der Waals surface area contributed by atoms with Gasteiger partial charge in [-0.15, -0.1) is 0 Å². The topological polar surface area (TPSA) is 15.3 Å². The third-order valence-corrected chi connectivity index (χ3v) is 3.64. The van der Waals surface area contributed by atoms with Crippen LogP contribution in [0.1, 0.15) is 17.5 Å². The summed E-state index contributed by atoms with van der Waals surface area (Å²) in [7, 11) is 0. The number of piperazine rings is 1. The van der Waals surface area contributed by atoms with Crippen LogP contribution in [-0.4, -0.2) is 25.7 Å². The zero-order chi connectivity index (χ0) is 10.3. The number of nitrogens with zero attached hydrogens (tertiary/aromatic N) is 1. The molecule has 2 heterocycles. The molecule has 1 unspecified atom stereocenters. The minimum atomic E-state index is 0.731. The molecule has 0 amide bonds. The smallest absolute Gasteiger partial charge is 0.0418 e. The molecule has 0 aliphatic carbocycles. The van der Waals surface area contributed by atoms with Crippen molar-refractivity contribution in [1.82, 2.24) is 5.32 Å². The second-order valence-electron chi connectivity index (χ2n) is 4.72. The molecule has 80 valence electrons. The first-order chi connectivity index (χ1) is 7.34. The first-order valence-electron chi connectivity index (χ1n) is 5.91. The molecule has 0 spiro atoms. The van der Waals surface area contributed by atoms with E-state index in [1.165, 1.54) is 30.6 Å². The average Bonchev–Trinajstić information content (AvgIpc) is 2.28. The lowest BCUT2D eigenvalue weighted by Gasteiger charge is -2.42. The summed E-state index contributed by atoms with van der Waals surface area (Å²) in [6, 6.07) is 7.63. The summed E-state index contributed by atoms with van der Waals surface area (Å²) >= 11 is 0. The minimum Gasteiger partial charge on any atom is -0.366 e. The van der Waals surface area contributed by atoms with Crippen LogP contribution in [-0.2, 0) is 6.42 Å². The standard InChI is InChI=1S/C13H18N2/c1-10-2-5-13-11(8-10)3-4-12-9-14-6-7-15(12)13/h2,5,8,12,14H,3-4,6-7,9H2,1H3. The van der Waals surface area contributed by atoms with Gasteiger partial charge in [0.05, 0.1) is 0 Å². The predicted octanol–water partition coefficient (Wildman–Crippen LogP) is 1.72. The Morgan fingerprint density at radius 2 is 2.33 bits per heavy atom. The summed E-state index contributed by atoms with van der Waals surface area (Å²) in [4.78, 5) is 2.59. The highest BCUT2D eigenvalue weighted by Crippen LogP contribution is 2.31. The Balaban J connectivity index is 1.99. The molecule has 1 aromatic rings. The maximum absolute atomic E-state index is 3.48. The van der Waals surface area contributed by atoms with Crippen molar-refractivity contribution in [3.8, 4) is 0 Å². The number of anilines is 1. The van der Waals surface area contributed by atoms with E-state index >= 15 is 0 Å². The molecule has 1 atom stereocenters. The van der Waals surface area contributed by atoms with E-state index in [-0.39, 0.29) is 0 Å². The fraction of sp³-hybridized carbons (Fsp3) is 0.538. The molecule has 1 aromatic carbocycles. The molecule has 2 aliphatic heterocycles. The summed E-state index contributed by atoms with van der Waals surface area (Å²) in [6.45, 7) is 5.64.